The predicted octanol–water partition coefficient (Wildman–Crippen LogP) is 16.3. The number of rotatable bonds is 7. The van der Waals surface area contributed by atoms with E-state index < -0.39 is 0 Å². The molecule has 0 saturated carbocycles. The highest BCUT2D eigenvalue weighted by Crippen LogP contribution is 2.42. The molecule has 0 bridgehead atoms. The Hall–Kier alpha value is -8.14. The van der Waals surface area contributed by atoms with E-state index in [1.165, 1.54) is 49.3 Å². The summed E-state index contributed by atoms with van der Waals surface area (Å²) in [6.07, 6.45) is 0. The molecule has 0 aliphatic heterocycles. The van der Waals surface area contributed by atoms with Crippen LogP contribution < -0.4 is 4.90 Å². The van der Waals surface area contributed by atoms with Gasteiger partial charge in [0.2, 0.25) is 0 Å². The third-order valence-corrected chi connectivity index (χ3v) is 12.2. The molecule has 0 aliphatic carbocycles. The third kappa shape index (κ3) is 5.90. The molecule has 3 nitrogen and oxygen atoms in total. The van der Waals surface area contributed by atoms with Crippen molar-refractivity contribution in [3.63, 3.8) is 0 Å². The van der Waals surface area contributed by atoms with Crippen molar-refractivity contribution < 1.29 is 4.42 Å². The quantitative estimate of drug-likeness (QED) is 0.161. The smallest absolute Gasteiger partial charge is 0.143 e. The van der Waals surface area contributed by atoms with Crippen molar-refractivity contribution in [1.82, 2.24) is 4.57 Å². The summed E-state index contributed by atoms with van der Waals surface area (Å²) in [4.78, 5) is 2.34. The van der Waals surface area contributed by atoms with Gasteiger partial charge >= 0.3 is 0 Å². The SMILES string of the molecule is c1ccc(-c2ccc(N(c3ccc(-c4ccc(-n5c6ccccc6c6ccc7ccccc7c65)cc4)cc3)c3cccc(-c4cccc5c4oc4ccccc45)c3)cc2)cc1. The van der Waals surface area contributed by atoms with Gasteiger partial charge in [0.05, 0.1) is 11.0 Å². The van der Waals surface area contributed by atoms with Crippen molar-refractivity contribution in [3.05, 3.63) is 231 Å². The van der Waals surface area contributed by atoms with Gasteiger partial charge in [-0.1, -0.05) is 170 Å². The van der Waals surface area contributed by atoms with E-state index in [1.807, 2.05) is 12.1 Å². The highest BCUT2D eigenvalue weighted by Gasteiger charge is 2.18. The van der Waals surface area contributed by atoms with Gasteiger partial charge in [0.15, 0.2) is 0 Å². The van der Waals surface area contributed by atoms with Crippen molar-refractivity contribution in [2.24, 2.45) is 0 Å². The van der Waals surface area contributed by atoms with Crippen LogP contribution in [-0.4, -0.2) is 4.57 Å². The number of benzene rings is 10. The van der Waals surface area contributed by atoms with Gasteiger partial charge in [-0.15, -0.1) is 0 Å². The maximum absolute atomic E-state index is 6.49. The van der Waals surface area contributed by atoms with Crippen LogP contribution in [0.25, 0.3) is 93.6 Å². The molecule has 286 valence electrons. The lowest BCUT2D eigenvalue weighted by Gasteiger charge is -2.26. The van der Waals surface area contributed by atoms with Crippen LogP contribution in [0.4, 0.5) is 17.1 Å². The second-order valence-corrected chi connectivity index (χ2v) is 15.7. The lowest BCUT2D eigenvalue weighted by molar-refractivity contribution is 0.670. The highest BCUT2D eigenvalue weighted by atomic mass is 16.3. The monoisotopic (exact) mass is 778 g/mol. The largest absolute Gasteiger partial charge is 0.455 e. The van der Waals surface area contributed by atoms with Gasteiger partial charge in [0.1, 0.15) is 11.2 Å². The number of anilines is 3. The maximum Gasteiger partial charge on any atom is 0.143 e. The van der Waals surface area contributed by atoms with E-state index in [-0.39, 0.29) is 0 Å². The molecule has 12 aromatic rings. The Labute approximate surface area is 353 Å². The first-order chi connectivity index (χ1) is 30.2. The summed E-state index contributed by atoms with van der Waals surface area (Å²) in [5.74, 6) is 0. The van der Waals surface area contributed by atoms with Crippen molar-refractivity contribution in [3.8, 4) is 39.1 Å². The van der Waals surface area contributed by atoms with E-state index in [0.717, 1.165) is 61.4 Å². The molecule has 0 amide bonds. The van der Waals surface area contributed by atoms with E-state index in [2.05, 4.69) is 228 Å². The van der Waals surface area contributed by atoms with Crippen LogP contribution in [0, 0.1) is 0 Å². The summed E-state index contributed by atoms with van der Waals surface area (Å²) < 4.78 is 8.91. The van der Waals surface area contributed by atoms with Crippen LogP contribution in [0.3, 0.4) is 0 Å². The summed E-state index contributed by atoms with van der Waals surface area (Å²) >= 11 is 0. The first kappa shape index (κ1) is 34.9. The van der Waals surface area contributed by atoms with Crippen LogP contribution in [0.1, 0.15) is 0 Å². The Morgan fingerprint density at radius 2 is 0.918 bits per heavy atom. The molecular formula is C58H38N2O. The highest BCUT2D eigenvalue weighted by molar-refractivity contribution is 6.18. The number of para-hydroxylation sites is 3. The summed E-state index contributed by atoms with van der Waals surface area (Å²) in [5, 5.41) is 7.29. The molecule has 2 aromatic heterocycles. The predicted molar refractivity (Wildman–Crippen MR) is 257 cm³/mol. The zero-order valence-corrected chi connectivity index (χ0v) is 33.2. The Bertz CT molecular complexity index is 3560. The molecule has 61 heavy (non-hydrogen) atoms. The first-order valence-corrected chi connectivity index (χ1v) is 20.8. The van der Waals surface area contributed by atoms with Crippen molar-refractivity contribution in [2.75, 3.05) is 4.90 Å². The van der Waals surface area contributed by atoms with E-state index >= 15 is 0 Å². The summed E-state index contributed by atoms with van der Waals surface area (Å²) in [6.45, 7) is 0. The minimum atomic E-state index is 0.899. The number of hydrogen-bond acceptors (Lipinski definition) is 2. The molecule has 12 rings (SSSR count). The molecular weight excluding hydrogens is 741 g/mol. The van der Waals surface area contributed by atoms with Gasteiger partial charge in [0, 0.05) is 55.2 Å². The third-order valence-electron chi connectivity index (χ3n) is 12.2. The first-order valence-electron chi connectivity index (χ1n) is 20.8. The normalized spacial score (nSPS) is 11.6. The Morgan fingerprint density at radius 3 is 1.67 bits per heavy atom. The Balaban J connectivity index is 0.931. The van der Waals surface area contributed by atoms with E-state index in [1.54, 1.807) is 0 Å². The minimum absolute atomic E-state index is 0.899. The number of furan rings is 1. The fourth-order valence-corrected chi connectivity index (χ4v) is 9.27. The average molecular weight is 779 g/mol. The maximum atomic E-state index is 6.49. The van der Waals surface area contributed by atoms with Crippen LogP contribution in [0.5, 0.6) is 0 Å². The molecule has 0 aliphatic rings. The van der Waals surface area contributed by atoms with Crippen molar-refractivity contribution >= 4 is 71.6 Å². The van der Waals surface area contributed by atoms with Crippen LogP contribution >= 0.6 is 0 Å². The molecule has 2 heterocycles. The van der Waals surface area contributed by atoms with Crippen molar-refractivity contribution in [2.45, 2.75) is 0 Å². The van der Waals surface area contributed by atoms with Gasteiger partial charge in [-0.3, -0.25) is 0 Å². The molecule has 0 N–H and O–H groups in total. The van der Waals surface area contributed by atoms with E-state index in [0.29, 0.717) is 0 Å². The minimum Gasteiger partial charge on any atom is -0.455 e. The molecule has 0 atom stereocenters. The van der Waals surface area contributed by atoms with Crippen LogP contribution in [0.15, 0.2) is 235 Å². The average Bonchev–Trinajstić information content (AvgIpc) is 3.89. The van der Waals surface area contributed by atoms with Crippen molar-refractivity contribution in [1.29, 1.82) is 0 Å². The fourth-order valence-electron chi connectivity index (χ4n) is 9.27. The summed E-state index contributed by atoms with van der Waals surface area (Å²) in [7, 11) is 0. The number of aromatic nitrogens is 1. The standard InChI is InChI=1S/C58H38N2O/c1-2-12-39(13-3-1)40-24-31-45(32-25-40)59(48-16-10-15-44(38-48)50-20-11-21-54-52-19-7-9-23-56(52)61-58(50)54)46-33-26-41(27-34-46)42-28-35-47(36-29-42)60-55-22-8-6-18-51(55)53-37-30-43-14-4-5-17-49(43)57(53)60/h1-38H. The molecule has 0 radical (unpaired) electrons. The van der Waals surface area contributed by atoms with Gasteiger partial charge in [-0.2, -0.15) is 0 Å². The molecule has 0 saturated heterocycles. The van der Waals surface area contributed by atoms with Gasteiger partial charge in [0.25, 0.3) is 0 Å². The van der Waals surface area contributed by atoms with Crippen LogP contribution in [0.2, 0.25) is 0 Å². The van der Waals surface area contributed by atoms with Gasteiger partial charge in [-0.05, 0) is 93.9 Å². The zero-order valence-electron chi connectivity index (χ0n) is 33.2. The Kier molecular flexibility index (Phi) is 8.17. The fraction of sp³-hybridized carbons (Fsp3) is 0. The summed E-state index contributed by atoms with van der Waals surface area (Å²) in [5.41, 5.74) is 15.5. The summed E-state index contributed by atoms with van der Waals surface area (Å²) in [6, 6.07) is 82.8. The number of fused-ring (bicyclic) bond motifs is 8. The molecule has 0 spiro atoms. The molecule has 10 aromatic carbocycles. The lowest BCUT2D eigenvalue weighted by atomic mass is 10.0. The van der Waals surface area contributed by atoms with Gasteiger partial charge in [-0.25, -0.2) is 0 Å². The Morgan fingerprint density at radius 1 is 0.344 bits per heavy atom. The number of nitrogens with zero attached hydrogens (tertiary/aromatic N) is 2. The molecule has 3 heteroatoms. The molecule has 0 fully saturated rings. The van der Waals surface area contributed by atoms with E-state index in [4.69, 9.17) is 4.42 Å². The van der Waals surface area contributed by atoms with Gasteiger partial charge < -0.3 is 13.9 Å². The number of hydrogen-bond donors (Lipinski definition) is 0. The van der Waals surface area contributed by atoms with E-state index in [9.17, 15) is 0 Å². The second kappa shape index (κ2) is 14.3. The zero-order chi connectivity index (χ0) is 40.3. The van der Waals surface area contributed by atoms with Crippen LogP contribution in [-0.2, 0) is 0 Å². The topological polar surface area (TPSA) is 21.3 Å². The lowest BCUT2D eigenvalue weighted by Crippen LogP contribution is -2.10. The second-order valence-electron chi connectivity index (χ2n) is 15.7. The molecule has 0 unspecified atom stereocenters.